The number of halogens is 1. The van der Waals surface area contributed by atoms with Crippen LogP contribution in [0, 0.1) is 0 Å². The van der Waals surface area contributed by atoms with E-state index in [9.17, 15) is 9.59 Å². The Labute approximate surface area is 156 Å². The number of benzene rings is 2. The number of carbonyl (C=O) groups excluding carboxylic acids is 2. The van der Waals surface area contributed by atoms with Gasteiger partial charge in [0.05, 0.1) is 0 Å². The summed E-state index contributed by atoms with van der Waals surface area (Å²) in [6.07, 6.45) is 1.99. The van der Waals surface area contributed by atoms with Crippen LogP contribution in [-0.2, 0) is 4.79 Å². The Balaban J connectivity index is 1.76. The van der Waals surface area contributed by atoms with E-state index in [0.29, 0.717) is 17.1 Å². The average molecular weight is 375 g/mol. The molecule has 1 fully saturated rings. The minimum absolute atomic E-state index is 0.0684. The maximum Gasteiger partial charge on any atom is 0.254 e. The molecule has 0 aliphatic carbocycles. The van der Waals surface area contributed by atoms with Crippen molar-refractivity contribution in [3.8, 4) is 0 Å². The van der Waals surface area contributed by atoms with Crippen molar-refractivity contribution in [2.24, 2.45) is 0 Å². The smallest absolute Gasteiger partial charge is 0.254 e. The highest BCUT2D eigenvalue weighted by Gasteiger charge is 2.33. The lowest BCUT2D eigenvalue weighted by molar-refractivity contribution is -0.121. The van der Waals surface area contributed by atoms with Gasteiger partial charge in [-0.2, -0.15) is 0 Å². The quantitative estimate of drug-likeness (QED) is 0.764. The summed E-state index contributed by atoms with van der Waals surface area (Å²) in [5.74, 6) is -0.196. The zero-order valence-electron chi connectivity index (χ0n) is 14.1. The van der Waals surface area contributed by atoms with Crippen LogP contribution in [0.5, 0.6) is 0 Å². The molecule has 0 N–H and O–H groups in total. The molecule has 1 atom stereocenters. The van der Waals surface area contributed by atoms with Crippen molar-refractivity contribution in [2.75, 3.05) is 24.2 Å². The molecule has 2 aromatic rings. The number of thioether (sulfide) groups is 1. The Kier molecular flexibility index (Phi) is 5.35. The molecule has 2 amide bonds. The number of rotatable bonds is 3. The topological polar surface area (TPSA) is 40.6 Å². The fourth-order valence-corrected chi connectivity index (χ4v) is 3.43. The Bertz CT molecular complexity index is 777. The highest BCUT2D eigenvalue weighted by atomic mass is 35.5. The molecule has 130 valence electrons. The third-order valence-corrected chi connectivity index (χ3v) is 5.32. The van der Waals surface area contributed by atoms with Crippen molar-refractivity contribution in [3.63, 3.8) is 0 Å². The van der Waals surface area contributed by atoms with E-state index in [1.165, 1.54) is 0 Å². The monoisotopic (exact) mass is 374 g/mol. The predicted octanol–water partition coefficient (Wildman–Crippen LogP) is 3.94. The molecule has 4 nitrogen and oxygen atoms in total. The van der Waals surface area contributed by atoms with E-state index in [-0.39, 0.29) is 24.4 Å². The van der Waals surface area contributed by atoms with Crippen LogP contribution in [0.4, 0.5) is 5.69 Å². The molecule has 25 heavy (non-hydrogen) atoms. The summed E-state index contributed by atoms with van der Waals surface area (Å²) in [6, 6.07) is 14.6. The second-order valence-corrected chi connectivity index (χ2v) is 7.31. The molecule has 1 aliphatic heterocycles. The lowest BCUT2D eigenvalue weighted by Gasteiger charge is -2.39. The van der Waals surface area contributed by atoms with Gasteiger partial charge in [0.2, 0.25) is 5.91 Å². The number of amides is 2. The molecule has 0 saturated carbocycles. The van der Waals surface area contributed by atoms with E-state index in [0.717, 1.165) is 10.6 Å². The van der Waals surface area contributed by atoms with Crippen LogP contribution in [0.15, 0.2) is 53.4 Å². The van der Waals surface area contributed by atoms with Crippen LogP contribution in [0.1, 0.15) is 17.3 Å². The molecule has 0 aromatic heterocycles. The van der Waals surface area contributed by atoms with Gasteiger partial charge >= 0.3 is 0 Å². The molecule has 0 radical (unpaired) electrons. The highest BCUT2D eigenvalue weighted by Crippen LogP contribution is 2.24. The Hall–Kier alpha value is -1.98. The summed E-state index contributed by atoms with van der Waals surface area (Å²) in [5, 5.41) is 0.631. The number of nitrogens with zero attached hydrogens (tertiary/aromatic N) is 2. The van der Waals surface area contributed by atoms with Crippen LogP contribution >= 0.6 is 23.4 Å². The van der Waals surface area contributed by atoms with Gasteiger partial charge in [0.25, 0.3) is 5.91 Å². The van der Waals surface area contributed by atoms with Gasteiger partial charge in [0.1, 0.15) is 6.54 Å². The average Bonchev–Trinajstić information content (AvgIpc) is 2.63. The normalized spacial score (nSPS) is 17.7. The van der Waals surface area contributed by atoms with Crippen molar-refractivity contribution in [3.05, 3.63) is 59.1 Å². The van der Waals surface area contributed by atoms with Crippen molar-refractivity contribution in [2.45, 2.75) is 17.9 Å². The van der Waals surface area contributed by atoms with Gasteiger partial charge < -0.3 is 9.80 Å². The Morgan fingerprint density at radius 3 is 2.36 bits per heavy atom. The Morgan fingerprint density at radius 1 is 1.12 bits per heavy atom. The molecular formula is C19H19ClN2O2S. The molecule has 2 aromatic carbocycles. The van der Waals surface area contributed by atoms with Crippen molar-refractivity contribution in [1.29, 1.82) is 0 Å². The standard InChI is InChI=1S/C19H19ClN2O2S/c1-13-11-22(16-7-5-15(20)6-8-16)18(23)12-21(13)19(24)14-3-9-17(25-2)10-4-14/h3-10,13H,11-12H2,1-2H3. The second kappa shape index (κ2) is 7.50. The van der Waals surface area contributed by atoms with Gasteiger partial charge in [-0.3, -0.25) is 9.59 Å². The first-order valence-corrected chi connectivity index (χ1v) is 9.61. The Morgan fingerprint density at radius 2 is 1.76 bits per heavy atom. The van der Waals surface area contributed by atoms with Crippen molar-refractivity contribution >= 4 is 40.9 Å². The third kappa shape index (κ3) is 3.83. The summed E-state index contributed by atoms with van der Waals surface area (Å²) in [6.45, 7) is 2.51. The summed E-state index contributed by atoms with van der Waals surface area (Å²) < 4.78 is 0. The van der Waals surface area contributed by atoms with E-state index in [1.54, 1.807) is 33.7 Å². The molecule has 6 heteroatoms. The van der Waals surface area contributed by atoms with Gasteiger partial charge in [-0.1, -0.05) is 11.6 Å². The van der Waals surface area contributed by atoms with Crippen molar-refractivity contribution in [1.82, 2.24) is 4.90 Å². The molecule has 1 saturated heterocycles. The largest absolute Gasteiger partial charge is 0.325 e. The van der Waals surface area contributed by atoms with Crippen LogP contribution < -0.4 is 4.90 Å². The third-order valence-electron chi connectivity index (χ3n) is 4.32. The predicted molar refractivity (Wildman–Crippen MR) is 103 cm³/mol. The molecule has 3 rings (SSSR count). The minimum atomic E-state index is -0.107. The van der Waals surface area contributed by atoms with E-state index in [4.69, 9.17) is 11.6 Å². The number of hydrogen-bond acceptors (Lipinski definition) is 3. The molecule has 1 unspecified atom stereocenters. The van der Waals surface area contributed by atoms with E-state index in [2.05, 4.69) is 0 Å². The minimum Gasteiger partial charge on any atom is -0.325 e. The maximum atomic E-state index is 12.8. The summed E-state index contributed by atoms with van der Waals surface area (Å²) in [5.41, 5.74) is 1.41. The molecule has 1 aliphatic rings. The maximum absolute atomic E-state index is 12.8. The van der Waals surface area contributed by atoms with Gasteiger partial charge in [-0.05, 0) is 61.7 Å². The number of hydrogen-bond donors (Lipinski definition) is 0. The number of piperazine rings is 1. The van der Waals surface area contributed by atoms with E-state index < -0.39 is 0 Å². The SMILES string of the molecule is CSc1ccc(C(=O)N2CC(=O)N(c3ccc(Cl)cc3)CC2C)cc1. The van der Waals surface area contributed by atoms with Crippen LogP contribution in [0.25, 0.3) is 0 Å². The van der Waals surface area contributed by atoms with E-state index >= 15 is 0 Å². The van der Waals surface area contributed by atoms with Crippen LogP contribution in [-0.4, -0.2) is 42.1 Å². The lowest BCUT2D eigenvalue weighted by atomic mass is 10.1. The fourth-order valence-electron chi connectivity index (χ4n) is 2.89. The lowest BCUT2D eigenvalue weighted by Crippen LogP contribution is -2.57. The van der Waals surface area contributed by atoms with Crippen LogP contribution in [0.2, 0.25) is 5.02 Å². The first-order valence-electron chi connectivity index (χ1n) is 8.00. The number of carbonyl (C=O) groups is 2. The summed E-state index contributed by atoms with van der Waals surface area (Å²) in [4.78, 5) is 29.8. The summed E-state index contributed by atoms with van der Waals surface area (Å²) >= 11 is 7.54. The number of anilines is 1. The van der Waals surface area contributed by atoms with Crippen molar-refractivity contribution < 1.29 is 9.59 Å². The van der Waals surface area contributed by atoms with Gasteiger partial charge in [0.15, 0.2) is 0 Å². The second-order valence-electron chi connectivity index (χ2n) is 5.99. The van der Waals surface area contributed by atoms with Crippen LogP contribution in [0.3, 0.4) is 0 Å². The highest BCUT2D eigenvalue weighted by molar-refractivity contribution is 7.98. The zero-order chi connectivity index (χ0) is 18.0. The molecular weight excluding hydrogens is 356 g/mol. The van der Waals surface area contributed by atoms with Gasteiger partial charge in [0, 0.05) is 33.8 Å². The molecule has 1 heterocycles. The van der Waals surface area contributed by atoms with Gasteiger partial charge in [-0.15, -0.1) is 11.8 Å². The van der Waals surface area contributed by atoms with E-state index in [1.807, 2.05) is 49.6 Å². The molecule has 0 spiro atoms. The zero-order valence-corrected chi connectivity index (χ0v) is 15.7. The summed E-state index contributed by atoms with van der Waals surface area (Å²) in [7, 11) is 0. The fraction of sp³-hybridized carbons (Fsp3) is 0.263. The van der Waals surface area contributed by atoms with Gasteiger partial charge in [-0.25, -0.2) is 0 Å². The molecule has 0 bridgehead atoms. The first-order chi connectivity index (χ1) is 12.0. The first kappa shape index (κ1) is 17.8.